The van der Waals surface area contributed by atoms with E-state index < -0.39 is 70.7 Å². The SMILES string of the molecule is CN[C@@H](C)C(=O)N[C@H](C(=O)N1CCN(C(=O)CC#CCC(=O)N2CCN(C(=O)[C@@H](NC(=O)[C@H](C)NC)C(C)(C)C)[C@H](C(=O)N[C@@H]3CCCc4ccccc43)C2)C[C@H]1C(=O)N[C@@H]1CCCc2ccccc21)C(C)(C)C. The first kappa shape index (κ1) is 57.0. The summed E-state index contributed by atoms with van der Waals surface area (Å²) >= 11 is 0. The average molecular weight is 1020 g/mol. The predicted molar refractivity (Wildman–Crippen MR) is 282 cm³/mol. The number of hydrogen-bond acceptors (Lipinski definition) is 10. The Hall–Kier alpha value is -6.32. The van der Waals surface area contributed by atoms with Crippen molar-refractivity contribution in [1.82, 2.24) is 51.5 Å². The van der Waals surface area contributed by atoms with Crippen LogP contribution in [0, 0.1) is 22.7 Å². The van der Waals surface area contributed by atoms with Crippen molar-refractivity contribution in [2.45, 2.75) is 155 Å². The van der Waals surface area contributed by atoms with E-state index in [9.17, 15) is 38.4 Å². The second kappa shape index (κ2) is 24.8. The molecule has 6 N–H and O–H groups in total. The number of fused-ring (bicyclic) bond motifs is 2. The fourth-order valence-corrected chi connectivity index (χ4v) is 10.3. The van der Waals surface area contributed by atoms with E-state index in [0.717, 1.165) is 47.9 Å². The second-order valence-electron chi connectivity index (χ2n) is 22.4. The number of aryl methyl sites for hydroxylation is 2. The van der Waals surface area contributed by atoms with Gasteiger partial charge in [-0.2, -0.15) is 0 Å². The van der Waals surface area contributed by atoms with Gasteiger partial charge >= 0.3 is 0 Å². The lowest BCUT2D eigenvalue weighted by Crippen LogP contribution is -2.66. The fourth-order valence-electron chi connectivity index (χ4n) is 10.3. The van der Waals surface area contributed by atoms with Crippen LogP contribution < -0.4 is 31.9 Å². The summed E-state index contributed by atoms with van der Waals surface area (Å²) in [6, 6.07) is 10.2. The zero-order valence-corrected chi connectivity index (χ0v) is 45.2. The van der Waals surface area contributed by atoms with E-state index >= 15 is 0 Å². The first-order chi connectivity index (χ1) is 35.0. The molecule has 0 unspecified atom stereocenters. The third kappa shape index (κ3) is 13.9. The Morgan fingerprint density at radius 3 is 1.28 bits per heavy atom. The largest absolute Gasteiger partial charge is 0.347 e. The van der Waals surface area contributed by atoms with E-state index in [2.05, 4.69) is 55.9 Å². The molecule has 2 aromatic rings. The highest BCUT2D eigenvalue weighted by Gasteiger charge is 2.46. The molecule has 74 heavy (non-hydrogen) atoms. The van der Waals surface area contributed by atoms with Crippen LogP contribution in [-0.4, -0.2) is 156 Å². The molecule has 8 atom stereocenters. The molecule has 4 aliphatic rings. The van der Waals surface area contributed by atoms with Crippen LogP contribution in [0.4, 0.5) is 0 Å². The van der Waals surface area contributed by atoms with Crippen molar-refractivity contribution >= 4 is 47.3 Å². The van der Waals surface area contributed by atoms with Gasteiger partial charge in [0.25, 0.3) is 0 Å². The number of benzene rings is 2. The van der Waals surface area contributed by atoms with E-state index in [4.69, 9.17) is 0 Å². The molecule has 18 heteroatoms. The molecule has 2 heterocycles. The van der Waals surface area contributed by atoms with Gasteiger partial charge < -0.3 is 51.5 Å². The van der Waals surface area contributed by atoms with Crippen LogP contribution in [0.25, 0.3) is 0 Å². The molecule has 18 nitrogen and oxygen atoms in total. The summed E-state index contributed by atoms with van der Waals surface area (Å²) in [5.74, 6) is 2.59. The van der Waals surface area contributed by atoms with Crippen LogP contribution in [-0.2, 0) is 51.2 Å². The monoisotopic (exact) mass is 1020 g/mol. The van der Waals surface area contributed by atoms with E-state index in [1.807, 2.05) is 77.9 Å². The van der Waals surface area contributed by atoms with Crippen molar-refractivity contribution in [1.29, 1.82) is 0 Å². The Morgan fingerprint density at radius 1 is 0.568 bits per heavy atom. The number of nitrogens with zero attached hydrogens (tertiary/aromatic N) is 4. The molecule has 0 radical (unpaired) electrons. The molecule has 0 aromatic heterocycles. The Balaban J connectivity index is 1.16. The normalized spacial score (nSPS) is 21.5. The number of likely N-dealkylation sites (N-methyl/N-ethyl adjacent to an activating group) is 2. The number of nitrogens with one attached hydrogen (secondary N) is 6. The van der Waals surface area contributed by atoms with Crippen molar-refractivity contribution in [3.05, 3.63) is 70.8 Å². The second-order valence-corrected chi connectivity index (χ2v) is 22.4. The zero-order chi connectivity index (χ0) is 54.1. The molecule has 2 aliphatic heterocycles. The Morgan fingerprint density at radius 2 is 0.932 bits per heavy atom. The van der Waals surface area contributed by atoms with Crippen LogP contribution in [0.2, 0.25) is 0 Å². The van der Waals surface area contributed by atoms with Gasteiger partial charge in [0.2, 0.25) is 47.3 Å². The molecule has 2 aliphatic carbocycles. The van der Waals surface area contributed by atoms with E-state index in [1.165, 1.54) is 19.6 Å². The molecule has 6 rings (SSSR count). The summed E-state index contributed by atoms with van der Waals surface area (Å²) in [5, 5.41) is 18.0. The number of rotatable bonds is 14. The predicted octanol–water partition coefficient (Wildman–Crippen LogP) is 2.51. The molecule has 2 aromatic carbocycles. The number of piperazine rings is 2. The Labute approximate surface area is 437 Å². The maximum Gasteiger partial charge on any atom is 0.246 e. The van der Waals surface area contributed by atoms with Gasteiger partial charge in [0.05, 0.1) is 50.1 Å². The smallest absolute Gasteiger partial charge is 0.246 e. The minimum atomic E-state index is -1.07. The molecule has 0 spiro atoms. The van der Waals surface area contributed by atoms with Crippen LogP contribution in [0.15, 0.2) is 48.5 Å². The highest BCUT2D eigenvalue weighted by Crippen LogP contribution is 2.32. The van der Waals surface area contributed by atoms with Gasteiger partial charge in [0.15, 0.2) is 0 Å². The standard InChI is InChI=1S/C56H80N10O8/c1-35(57-9)49(69)61-47(55(3,4)5)53(73)65-31-29-63(33-43(65)51(71)59-41-25-17-21-37-19-11-13-23-39(37)41)45(67)27-15-16-28-46(68)64-30-32-66(54(74)48(56(6,7)8)62-50(70)36(2)58-10)44(34-64)52(72)60-42-26-18-22-38-20-12-14-24-40(38)42/h11-14,19-20,23-24,35-36,41-44,47-48,57-58H,17-18,21-22,25-34H2,1-10H3,(H,59,71)(H,60,72)(H,61,69)(H,62,70)/t35-,36-,41+,42+,43-,44-,47+,48+/m0/s1. The minimum absolute atomic E-state index is 0.0360. The maximum atomic E-state index is 14.6. The highest BCUT2D eigenvalue weighted by atomic mass is 16.2. The summed E-state index contributed by atoms with van der Waals surface area (Å²) in [6.45, 7) is 14.6. The van der Waals surface area contributed by atoms with Crippen molar-refractivity contribution in [2.24, 2.45) is 10.8 Å². The van der Waals surface area contributed by atoms with Crippen LogP contribution in [0.5, 0.6) is 0 Å². The molecule has 0 bridgehead atoms. The van der Waals surface area contributed by atoms with Gasteiger partial charge in [-0.15, -0.1) is 0 Å². The van der Waals surface area contributed by atoms with Gasteiger partial charge in [-0.3, -0.25) is 38.4 Å². The van der Waals surface area contributed by atoms with Gasteiger partial charge in [-0.05, 0) is 99.6 Å². The molecular formula is C56H80N10O8. The number of carbonyl (C=O) groups excluding carboxylic acids is 8. The van der Waals surface area contributed by atoms with Gasteiger partial charge in [-0.1, -0.05) is 102 Å². The molecule has 402 valence electrons. The fraction of sp³-hybridized carbons (Fsp3) is 0.607. The lowest BCUT2D eigenvalue weighted by molar-refractivity contribution is -0.152. The first-order valence-electron chi connectivity index (χ1n) is 26.4. The molecule has 2 fully saturated rings. The summed E-state index contributed by atoms with van der Waals surface area (Å²) in [5.41, 5.74) is 2.91. The molecule has 2 saturated heterocycles. The lowest BCUT2D eigenvalue weighted by atomic mass is 9.85. The average Bonchev–Trinajstić information content (AvgIpc) is 3.38. The quantitative estimate of drug-likeness (QED) is 0.152. The van der Waals surface area contributed by atoms with Gasteiger partial charge in [0, 0.05) is 26.2 Å². The van der Waals surface area contributed by atoms with Gasteiger partial charge in [-0.25, -0.2) is 0 Å². The molecule has 0 saturated carbocycles. The van der Waals surface area contributed by atoms with Crippen molar-refractivity contribution in [2.75, 3.05) is 53.4 Å². The first-order valence-corrected chi connectivity index (χ1v) is 26.4. The highest BCUT2D eigenvalue weighted by molar-refractivity contribution is 5.96. The molecule has 8 amide bonds. The Bertz CT molecular complexity index is 2310. The topological polar surface area (TPSA) is 222 Å². The van der Waals surface area contributed by atoms with E-state index in [1.54, 1.807) is 27.9 Å². The van der Waals surface area contributed by atoms with Crippen molar-refractivity contribution in [3.8, 4) is 11.8 Å². The number of hydrogen-bond donors (Lipinski definition) is 6. The summed E-state index contributed by atoms with van der Waals surface area (Å²) in [6.07, 6.45) is 4.47. The van der Waals surface area contributed by atoms with Crippen LogP contribution in [0.1, 0.15) is 128 Å². The Kier molecular flexibility index (Phi) is 19.1. The van der Waals surface area contributed by atoms with Crippen LogP contribution >= 0.6 is 0 Å². The molecular weight excluding hydrogens is 941 g/mol. The summed E-state index contributed by atoms with van der Waals surface area (Å²) in [7, 11) is 3.31. The number of amides is 8. The number of carbonyl (C=O) groups is 8. The van der Waals surface area contributed by atoms with Gasteiger partial charge in [0.1, 0.15) is 24.2 Å². The summed E-state index contributed by atoms with van der Waals surface area (Å²) < 4.78 is 0. The minimum Gasteiger partial charge on any atom is -0.347 e. The third-order valence-corrected chi connectivity index (χ3v) is 15.1. The van der Waals surface area contributed by atoms with E-state index in [0.29, 0.717) is 12.8 Å². The van der Waals surface area contributed by atoms with Crippen LogP contribution in [0.3, 0.4) is 0 Å². The van der Waals surface area contributed by atoms with Crippen molar-refractivity contribution in [3.63, 3.8) is 0 Å². The maximum absolute atomic E-state index is 14.6. The third-order valence-electron chi connectivity index (χ3n) is 15.1. The van der Waals surface area contributed by atoms with Crippen molar-refractivity contribution < 1.29 is 38.4 Å². The zero-order valence-electron chi connectivity index (χ0n) is 45.2. The lowest BCUT2D eigenvalue weighted by Gasteiger charge is -2.44. The summed E-state index contributed by atoms with van der Waals surface area (Å²) in [4.78, 5) is 118. The van der Waals surface area contributed by atoms with E-state index in [-0.39, 0.29) is 87.8 Å².